The number of carboxylic acids is 1. The number of hydrogen-bond donors (Lipinski definition) is 1. The summed E-state index contributed by atoms with van der Waals surface area (Å²) in [4.78, 5) is 18.0. The molecule has 1 N–H and O–H groups in total. The minimum atomic E-state index is -1.10. The summed E-state index contributed by atoms with van der Waals surface area (Å²) in [5.41, 5.74) is -0.0660. The van der Waals surface area contributed by atoms with Crippen LogP contribution in [0.3, 0.4) is 0 Å². The lowest BCUT2D eigenvalue weighted by Gasteiger charge is -1.99. The third-order valence-electron chi connectivity index (χ3n) is 1.56. The molecule has 2 rings (SSSR count). The van der Waals surface area contributed by atoms with Crippen LogP contribution in [0.25, 0.3) is 5.82 Å². The van der Waals surface area contributed by atoms with E-state index in [0.29, 0.717) is 5.82 Å². The maximum absolute atomic E-state index is 10.6. The second-order valence-electron chi connectivity index (χ2n) is 2.44. The first kappa shape index (κ1) is 8.30. The fourth-order valence-corrected chi connectivity index (χ4v) is 0.924. The Morgan fingerprint density at radius 3 is 2.64 bits per heavy atom. The molecule has 0 fully saturated rings. The van der Waals surface area contributed by atoms with Gasteiger partial charge in [-0.05, 0) is 0 Å². The fourth-order valence-electron chi connectivity index (χ4n) is 0.924. The van der Waals surface area contributed by atoms with Crippen molar-refractivity contribution in [3.63, 3.8) is 0 Å². The van der Waals surface area contributed by atoms with Crippen LogP contribution in [-0.4, -0.2) is 35.8 Å². The van der Waals surface area contributed by atoms with Crippen molar-refractivity contribution in [2.24, 2.45) is 0 Å². The van der Waals surface area contributed by atoms with Gasteiger partial charge in [-0.15, -0.1) is 10.2 Å². The lowest BCUT2D eigenvalue weighted by molar-refractivity contribution is 0.0690. The highest BCUT2D eigenvalue weighted by molar-refractivity contribution is 5.85. The molecule has 0 saturated heterocycles. The molecule has 0 aliphatic heterocycles. The zero-order valence-corrected chi connectivity index (χ0v) is 6.90. The Labute approximate surface area is 78.1 Å². The van der Waals surface area contributed by atoms with E-state index >= 15 is 0 Å². The van der Waals surface area contributed by atoms with Crippen molar-refractivity contribution in [1.29, 1.82) is 0 Å². The highest BCUT2D eigenvalue weighted by Gasteiger charge is 2.06. The van der Waals surface area contributed by atoms with Gasteiger partial charge in [-0.2, -0.15) is 0 Å². The van der Waals surface area contributed by atoms with Gasteiger partial charge in [0.1, 0.15) is 24.8 Å². The van der Waals surface area contributed by atoms with Crippen molar-refractivity contribution in [3.05, 3.63) is 30.7 Å². The van der Waals surface area contributed by atoms with Crippen molar-refractivity contribution < 1.29 is 9.90 Å². The van der Waals surface area contributed by atoms with Crippen molar-refractivity contribution in [2.45, 2.75) is 0 Å². The maximum Gasteiger partial charge on any atom is 0.354 e. The van der Waals surface area contributed by atoms with Gasteiger partial charge in [0.15, 0.2) is 5.69 Å². The van der Waals surface area contributed by atoms with Gasteiger partial charge in [0, 0.05) is 6.07 Å². The van der Waals surface area contributed by atoms with Gasteiger partial charge < -0.3 is 5.11 Å². The molecule has 0 saturated carbocycles. The fraction of sp³-hybridized carbons (Fsp3) is 0. The van der Waals surface area contributed by atoms with E-state index in [1.807, 2.05) is 0 Å². The summed E-state index contributed by atoms with van der Waals surface area (Å²) < 4.78 is 1.49. The SMILES string of the molecule is O=C(O)c1cc(-n2cnnc2)ncn1. The second-order valence-corrected chi connectivity index (χ2v) is 2.44. The minimum absolute atomic E-state index is 0.0660. The number of nitrogens with zero attached hydrogens (tertiary/aromatic N) is 5. The average Bonchev–Trinajstić information content (AvgIpc) is 2.71. The minimum Gasteiger partial charge on any atom is -0.477 e. The van der Waals surface area contributed by atoms with Crippen molar-refractivity contribution in [2.75, 3.05) is 0 Å². The molecule has 2 aromatic heterocycles. The Hall–Kier alpha value is -2.31. The van der Waals surface area contributed by atoms with E-state index in [4.69, 9.17) is 5.11 Å². The molecule has 0 amide bonds. The molecule has 7 heteroatoms. The summed E-state index contributed by atoms with van der Waals surface area (Å²) in [6.45, 7) is 0. The maximum atomic E-state index is 10.6. The summed E-state index contributed by atoms with van der Waals surface area (Å²) in [5, 5.41) is 15.8. The molecule has 0 spiro atoms. The zero-order chi connectivity index (χ0) is 9.97. The number of carbonyl (C=O) groups is 1. The number of aromatic nitrogens is 5. The van der Waals surface area contributed by atoms with Crippen LogP contribution in [0.5, 0.6) is 0 Å². The molecule has 2 aromatic rings. The summed E-state index contributed by atoms with van der Waals surface area (Å²) in [6.07, 6.45) is 4.03. The summed E-state index contributed by atoms with van der Waals surface area (Å²) in [5.74, 6) is -0.677. The van der Waals surface area contributed by atoms with Crippen LogP contribution < -0.4 is 0 Å². The Morgan fingerprint density at radius 1 is 1.29 bits per heavy atom. The summed E-state index contributed by atoms with van der Waals surface area (Å²) in [6, 6.07) is 1.34. The highest BCUT2D eigenvalue weighted by atomic mass is 16.4. The number of hydrogen-bond acceptors (Lipinski definition) is 5. The van der Waals surface area contributed by atoms with Crippen LogP contribution >= 0.6 is 0 Å². The first-order valence-corrected chi connectivity index (χ1v) is 3.68. The van der Waals surface area contributed by atoms with Crippen LogP contribution in [0.1, 0.15) is 10.5 Å². The van der Waals surface area contributed by atoms with E-state index in [9.17, 15) is 4.79 Å². The van der Waals surface area contributed by atoms with E-state index in [2.05, 4.69) is 20.2 Å². The van der Waals surface area contributed by atoms with Gasteiger partial charge >= 0.3 is 5.97 Å². The molecule has 70 valence electrons. The lowest BCUT2D eigenvalue weighted by Crippen LogP contribution is -2.03. The van der Waals surface area contributed by atoms with Crippen molar-refractivity contribution in [1.82, 2.24) is 24.7 Å². The largest absolute Gasteiger partial charge is 0.477 e. The lowest BCUT2D eigenvalue weighted by atomic mass is 10.4. The average molecular weight is 191 g/mol. The third kappa shape index (κ3) is 1.42. The first-order chi connectivity index (χ1) is 6.77. The van der Waals surface area contributed by atoms with Gasteiger partial charge in [-0.25, -0.2) is 14.8 Å². The molecule has 0 radical (unpaired) electrons. The zero-order valence-electron chi connectivity index (χ0n) is 6.90. The Morgan fingerprint density at radius 2 is 2.00 bits per heavy atom. The molecule has 0 aliphatic carbocycles. The second kappa shape index (κ2) is 3.21. The standard InChI is InChI=1S/C7H5N5O2/c13-7(14)5-1-6(9-2-8-5)12-3-10-11-4-12/h1-4H,(H,13,14). The molecular weight excluding hydrogens is 186 g/mol. The van der Waals surface area contributed by atoms with E-state index in [1.165, 1.54) is 29.6 Å². The van der Waals surface area contributed by atoms with Crippen LogP contribution in [0, 0.1) is 0 Å². The van der Waals surface area contributed by atoms with Crippen molar-refractivity contribution in [3.8, 4) is 5.82 Å². The van der Waals surface area contributed by atoms with Gasteiger partial charge in [0.05, 0.1) is 0 Å². The van der Waals surface area contributed by atoms with Crippen LogP contribution in [0.4, 0.5) is 0 Å². The van der Waals surface area contributed by atoms with Crippen LogP contribution in [0.2, 0.25) is 0 Å². The molecule has 14 heavy (non-hydrogen) atoms. The van der Waals surface area contributed by atoms with Gasteiger partial charge in [0.2, 0.25) is 0 Å². The smallest absolute Gasteiger partial charge is 0.354 e. The van der Waals surface area contributed by atoms with Gasteiger partial charge in [-0.3, -0.25) is 4.57 Å². The van der Waals surface area contributed by atoms with Gasteiger partial charge in [-0.1, -0.05) is 0 Å². The number of carboxylic acid groups (broad SMARTS) is 1. The normalized spacial score (nSPS) is 10.0. The number of aromatic carboxylic acids is 1. The highest BCUT2D eigenvalue weighted by Crippen LogP contribution is 2.02. The van der Waals surface area contributed by atoms with Crippen LogP contribution in [0.15, 0.2) is 25.0 Å². The summed E-state index contributed by atoms with van der Waals surface area (Å²) >= 11 is 0. The quantitative estimate of drug-likeness (QED) is 0.703. The molecule has 0 aromatic carbocycles. The van der Waals surface area contributed by atoms with E-state index in [0.717, 1.165) is 0 Å². The van der Waals surface area contributed by atoms with E-state index in [1.54, 1.807) is 0 Å². The molecule has 0 aliphatic rings. The Bertz CT molecular complexity index is 453. The molecule has 0 atom stereocenters. The topological polar surface area (TPSA) is 93.8 Å². The Kier molecular flexibility index (Phi) is 1.90. The first-order valence-electron chi connectivity index (χ1n) is 3.68. The molecule has 7 nitrogen and oxygen atoms in total. The monoisotopic (exact) mass is 191 g/mol. The molecule has 0 unspecified atom stereocenters. The molecular formula is C7H5N5O2. The van der Waals surface area contributed by atoms with Crippen LogP contribution in [-0.2, 0) is 0 Å². The molecule has 0 bridgehead atoms. The third-order valence-corrected chi connectivity index (χ3v) is 1.56. The Balaban J connectivity index is 2.46. The van der Waals surface area contributed by atoms with Crippen molar-refractivity contribution >= 4 is 5.97 Å². The van der Waals surface area contributed by atoms with Gasteiger partial charge in [0.25, 0.3) is 0 Å². The number of rotatable bonds is 2. The van der Waals surface area contributed by atoms with E-state index in [-0.39, 0.29) is 5.69 Å². The predicted octanol–water partition coefficient (Wildman–Crippen LogP) is -0.244. The van der Waals surface area contributed by atoms with E-state index < -0.39 is 5.97 Å². The predicted molar refractivity (Wildman–Crippen MR) is 43.9 cm³/mol. The molecule has 2 heterocycles. The summed E-state index contributed by atoms with van der Waals surface area (Å²) in [7, 11) is 0.